The lowest BCUT2D eigenvalue weighted by Crippen LogP contribution is -2.41. The molecule has 1 rings (SSSR count). The van der Waals surface area contributed by atoms with Gasteiger partial charge in [0.25, 0.3) is 11.8 Å². The Morgan fingerprint density at radius 2 is 1.12 bits per heavy atom. The molecule has 0 spiro atoms. The minimum absolute atomic E-state index is 0.494. The zero-order valence-corrected chi connectivity index (χ0v) is 15.2. The molecule has 2 N–H and O–H groups in total. The number of nitrogens with two attached hydrogens (primary N) is 1. The predicted molar refractivity (Wildman–Crippen MR) is 95.2 cm³/mol. The molecule has 0 aliphatic carbocycles. The van der Waals surface area contributed by atoms with Gasteiger partial charge in [-0.3, -0.25) is 9.59 Å². The third-order valence-electron chi connectivity index (χ3n) is 4.57. The molecular formula is C19H32N2O3. The van der Waals surface area contributed by atoms with E-state index in [9.17, 15) is 14.4 Å². The summed E-state index contributed by atoms with van der Waals surface area (Å²) >= 11 is 0. The lowest BCUT2D eigenvalue weighted by molar-refractivity contribution is -0.133. The highest BCUT2D eigenvalue weighted by atomic mass is 16.2. The molecule has 0 radical (unpaired) electrons. The molecule has 1 aliphatic rings. The highest BCUT2D eigenvalue weighted by Gasteiger charge is 2.40. The third-order valence-corrected chi connectivity index (χ3v) is 4.57. The Labute approximate surface area is 145 Å². The summed E-state index contributed by atoms with van der Waals surface area (Å²) in [6.07, 6.45) is 11.9. The van der Waals surface area contributed by atoms with Crippen LogP contribution in [0.5, 0.6) is 0 Å². The van der Waals surface area contributed by atoms with Gasteiger partial charge in [0.15, 0.2) is 0 Å². The Kier molecular flexibility index (Phi) is 9.35. The SMILES string of the molecule is CCCCCCCC1=C(CCCCCCC)C(=O)N(C(N)=O)C1=O. The van der Waals surface area contributed by atoms with Crippen molar-refractivity contribution < 1.29 is 14.4 Å². The van der Waals surface area contributed by atoms with Crippen LogP contribution in [0.25, 0.3) is 0 Å². The van der Waals surface area contributed by atoms with Crippen LogP contribution < -0.4 is 5.73 Å². The first-order valence-corrected chi connectivity index (χ1v) is 9.44. The molecule has 0 atom stereocenters. The number of rotatable bonds is 12. The number of hydrogen-bond donors (Lipinski definition) is 1. The second kappa shape index (κ2) is 11.0. The summed E-state index contributed by atoms with van der Waals surface area (Å²) in [5.41, 5.74) is 6.25. The molecule has 0 saturated carbocycles. The van der Waals surface area contributed by atoms with Crippen LogP contribution in [0.3, 0.4) is 0 Å². The second-order valence-corrected chi connectivity index (χ2v) is 6.57. The summed E-state index contributed by atoms with van der Waals surface area (Å²) in [6, 6.07) is -0.963. The fraction of sp³-hybridized carbons (Fsp3) is 0.737. The van der Waals surface area contributed by atoms with Crippen molar-refractivity contribution in [3.8, 4) is 0 Å². The number of unbranched alkanes of at least 4 members (excludes halogenated alkanes) is 8. The van der Waals surface area contributed by atoms with Gasteiger partial charge in [0.05, 0.1) is 0 Å². The van der Waals surface area contributed by atoms with Gasteiger partial charge >= 0.3 is 6.03 Å². The van der Waals surface area contributed by atoms with Gasteiger partial charge in [-0.25, -0.2) is 4.79 Å². The summed E-state index contributed by atoms with van der Waals surface area (Å²) in [5, 5.41) is 0. The average Bonchev–Trinajstić information content (AvgIpc) is 2.78. The van der Waals surface area contributed by atoms with Crippen LogP contribution in [-0.2, 0) is 9.59 Å². The minimum Gasteiger partial charge on any atom is -0.351 e. The quantitative estimate of drug-likeness (QED) is 0.422. The number of hydrogen-bond acceptors (Lipinski definition) is 3. The first-order chi connectivity index (χ1) is 11.5. The van der Waals surface area contributed by atoms with Crippen molar-refractivity contribution in [2.45, 2.75) is 90.9 Å². The maximum atomic E-state index is 12.4. The largest absolute Gasteiger partial charge is 0.351 e. The molecule has 0 saturated heterocycles. The summed E-state index contributed by atoms with van der Waals surface area (Å²) in [4.78, 5) is 36.8. The molecule has 0 aromatic heterocycles. The Bertz CT molecular complexity index is 447. The van der Waals surface area contributed by atoms with E-state index >= 15 is 0 Å². The molecule has 0 bridgehead atoms. The van der Waals surface area contributed by atoms with Crippen LogP contribution in [0.2, 0.25) is 0 Å². The van der Waals surface area contributed by atoms with E-state index in [0.29, 0.717) is 28.9 Å². The zero-order chi connectivity index (χ0) is 17.9. The van der Waals surface area contributed by atoms with E-state index in [2.05, 4.69) is 13.8 Å². The van der Waals surface area contributed by atoms with E-state index in [1.165, 1.54) is 25.7 Å². The average molecular weight is 336 g/mol. The monoisotopic (exact) mass is 336 g/mol. The summed E-state index contributed by atoms with van der Waals surface area (Å²) in [7, 11) is 0. The predicted octanol–water partition coefficient (Wildman–Crippen LogP) is 4.45. The van der Waals surface area contributed by atoms with E-state index in [1.807, 2.05) is 0 Å². The minimum atomic E-state index is -0.963. The van der Waals surface area contributed by atoms with Crippen molar-refractivity contribution in [3.63, 3.8) is 0 Å². The van der Waals surface area contributed by atoms with Crippen molar-refractivity contribution in [2.75, 3.05) is 0 Å². The molecule has 0 aromatic rings. The van der Waals surface area contributed by atoms with Gasteiger partial charge in [-0.2, -0.15) is 4.90 Å². The van der Waals surface area contributed by atoms with Gasteiger partial charge in [-0.1, -0.05) is 65.2 Å². The van der Waals surface area contributed by atoms with E-state index in [4.69, 9.17) is 5.73 Å². The van der Waals surface area contributed by atoms with E-state index in [-0.39, 0.29) is 0 Å². The number of urea groups is 1. The van der Waals surface area contributed by atoms with Crippen LogP contribution in [0.1, 0.15) is 90.9 Å². The van der Waals surface area contributed by atoms with Crippen molar-refractivity contribution in [1.82, 2.24) is 4.90 Å². The molecule has 0 unspecified atom stereocenters. The van der Waals surface area contributed by atoms with Gasteiger partial charge in [-0.15, -0.1) is 0 Å². The molecular weight excluding hydrogens is 304 g/mol. The van der Waals surface area contributed by atoms with Crippen LogP contribution >= 0.6 is 0 Å². The second-order valence-electron chi connectivity index (χ2n) is 6.57. The number of primary amides is 1. The first kappa shape index (κ1) is 20.4. The molecule has 5 heteroatoms. The summed E-state index contributed by atoms with van der Waals surface area (Å²) in [6.45, 7) is 4.31. The number of carbonyl (C=O) groups is 3. The fourth-order valence-electron chi connectivity index (χ4n) is 3.15. The van der Waals surface area contributed by atoms with Gasteiger partial charge in [0.2, 0.25) is 0 Å². The number of imide groups is 3. The van der Waals surface area contributed by atoms with Gasteiger partial charge in [0.1, 0.15) is 0 Å². The Balaban J connectivity index is 2.68. The van der Waals surface area contributed by atoms with Crippen molar-refractivity contribution in [2.24, 2.45) is 5.73 Å². The van der Waals surface area contributed by atoms with Crippen LogP contribution in [0.15, 0.2) is 11.1 Å². The molecule has 136 valence electrons. The number of nitrogens with zero attached hydrogens (tertiary/aromatic N) is 1. The maximum absolute atomic E-state index is 12.4. The fourth-order valence-corrected chi connectivity index (χ4v) is 3.15. The smallest absolute Gasteiger partial charge is 0.328 e. The zero-order valence-electron chi connectivity index (χ0n) is 15.2. The lowest BCUT2D eigenvalue weighted by Gasteiger charge is -2.09. The lowest BCUT2D eigenvalue weighted by atomic mass is 9.98. The molecule has 1 aliphatic heterocycles. The van der Waals surface area contributed by atoms with E-state index < -0.39 is 17.8 Å². The highest BCUT2D eigenvalue weighted by molar-refractivity contribution is 6.26. The Morgan fingerprint density at radius 3 is 1.46 bits per heavy atom. The molecule has 0 fully saturated rings. The first-order valence-electron chi connectivity index (χ1n) is 9.44. The standard InChI is InChI=1S/C19H32N2O3/c1-3-5-7-9-11-13-15-16(14-12-10-8-6-4-2)18(23)21(17(15)22)19(20)24/h3-14H2,1-2H3,(H2,20,24). The van der Waals surface area contributed by atoms with E-state index in [0.717, 1.165) is 38.5 Å². The molecule has 24 heavy (non-hydrogen) atoms. The van der Waals surface area contributed by atoms with Crippen molar-refractivity contribution >= 4 is 17.8 Å². The maximum Gasteiger partial charge on any atom is 0.328 e. The van der Waals surface area contributed by atoms with Crippen LogP contribution in [0.4, 0.5) is 4.79 Å². The van der Waals surface area contributed by atoms with Crippen LogP contribution in [-0.4, -0.2) is 22.7 Å². The molecule has 5 nitrogen and oxygen atoms in total. The molecule has 1 heterocycles. The van der Waals surface area contributed by atoms with Gasteiger partial charge in [-0.05, 0) is 25.7 Å². The normalized spacial score (nSPS) is 14.8. The number of carbonyl (C=O) groups excluding carboxylic acids is 3. The Morgan fingerprint density at radius 1 is 0.750 bits per heavy atom. The van der Waals surface area contributed by atoms with Crippen molar-refractivity contribution in [3.05, 3.63) is 11.1 Å². The Hall–Kier alpha value is -1.65. The van der Waals surface area contributed by atoms with Crippen molar-refractivity contribution in [1.29, 1.82) is 0 Å². The highest BCUT2D eigenvalue weighted by Crippen LogP contribution is 2.29. The van der Waals surface area contributed by atoms with E-state index in [1.54, 1.807) is 0 Å². The third kappa shape index (κ3) is 5.77. The molecule has 0 aromatic carbocycles. The summed E-state index contributed by atoms with van der Waals surface area (Å²) in [5.74, 6) is -0.988. The summed E-state index contributed by atoms with van der Waals surface area (Å²) < 4.78 is 0. The molecule has 4 amide bonds. The van der Waals surface area contributed by atoms with Gasteiger partial charge in [0, 0.05) is 11.1 Å². The number of amides is 4. The van der Waals surface area contributed by atoms with Crippen LogP contribution in [0, 0.1) is 0 Å². The topological polar surface area (TPSA) is 80.5 Å². The van der Waals surface area contributed by atoms with Gasteiger partial charge < -0.3 is 5.73 Å².